The van der Waals surface area contributed by atoms with Gasteiger partial charge in [0.25, 0.3) is 0 Å². The molecule has 3 rings (SSSR count). The number of aromatic nitrogens is 2. The molecule has 1 aromatic heterocycles. The zero-order valence-corrected chi connectivity index (χ0v) is 14.2. The highest BCUT2D eigenvalue weighted by molar-refractivity contribution is 5.63. The predicted molar refractivity (Wildman–Crippen MR) is 96.0 cm³/mol. The van der Waals surface area contributed by atoms with Gasteiger partial charge in [-0.15, -0.1) is 0 Å². The SMILES string of the molecule is Cc1ccc(Nc2ncc(C(F)(F)F)c(Nc3ccc(C)cc3)n2)cc1. The third-order valence-corrected chi connectivity index (χ3v) is 3.72. The van der Waals surface area contributed by atoms with Crippen LogP contribution < -0.4 is 10.6 Å². The Labute approximate surface area is 149 Å². The Morgan fingerprint density at radius 2 is 1.27 bits per heavy atom. The molecule has 0 amide bonds. The number of nitrogens with one attached hydrogen (secondary N) is 2. The topological polar surface area (TPSA) is 49.8 Å². The van der Waals surface area contributed by atoms with Crippen molar-refractivity contribution in [2.75, 3.05) is 10.6 Å². The molecule has 0 aliphatic heterocycles. The predicted octanol–water partition coefficient (Wildman–Crippen LogP) is 5.60. The number of benzene rings is 2. The summed E-state index contributed by atoms with van der Waals surface area (Å²) in [6, 6.07) is 14.4. The highest BCUT2D eigenvalue weighted by Gasteiger charge is 2.35. The van der Waals surface area contributed by atoms with Crippen LogP contribution in [-0.4, -0.2) is 9.97 Å². The third-order valence-electron chi connectivity index (χ3n) is 3.72. The van der Waals surface area contributed by atoms with Crippen molar-refractivity contribution in [2.45, 2.75) is 20.0 Å². The average Bonchev–Trinajstić information content (AvgIpc) is 2.58. The van der Waals surface area contributed by atoms with E-state index in [1.54, 1.807) is 12.1 Å². The Morgan fingerprint density at radius 3 is 1.77 bits per heavy atom. The summed E-state index contributed by atoms with van der Waals surface area (Å²) in [5.41, 5.74) is 2.37. The minimum atomic E-state index is -4.56. The second-order valence-electron chi connectivity index (χ2n) is 5.94. The van der Waals surface area contributed by atoms with Crippen LogP contribution >= 0.6 is 0 Å². The molecule has 1 heterocycles. The fourth-order valence-electron chi connectivity index (χ4n) is 2.28. The number of anilines is 4. The highest BCUT2D eigenvalue weighted by Crippen LogP contribution is 2.35. The Bertz CT molecular complexity index is 888. The van der Waals surface area contributed by atoms with Crippen molar-refractivity contribution in [2.24, 2.45) is 0 Å². The summed E-state index contributed by atoms with van der Waals surface area (Å²) >= 11 is 0. The zero-order chi connectivity index (χ0) is 18.7. The number of nitrogens with zero attached hydrogens (tertiary/aromatic N) is 2. The van der Waals surface area contributed by atoms with Gasteiger partial charge in [0.05, 0.1) is 0 Å². The molecule has 134 valence electrons. The summed E-state index contributed by atoms with van der Waals surface area (Å²) in [4.78, 5) is 7.82. The van der Waals surface area contributed by atoms with Crippen molar-refractivity contribution in [3.8, 4) is 0 Å². The van der Waals surface area contributed by atoms with E-state index < -0.39 is 11.7 Å². The lowest BCUT2D eigenvalue weighted by molar-refractivity contribution is -0.137. The van der Waals surface area contributed by atoms with E-state index in [0.717, 1.165) is 17.3 Å². The van der Waals surface area contributed by atoms with Gasteiger partial charge >= 0.3 is 6.18 Å². The molecule has 0 saturated carbocycles. The van der Waals surface area contributed by atoms with Gasteiger partial charge in [-0.25, -0.2) is 4.98 Å². The number of rotatable bonds is 4. The second kappa shape index (κ2) is 7.03. The van der Waals surface area contributed by atoms with E-state index in [9.17, 15) is 13.2 Å². The lowest BCUT2D eigenvalue weighted by atomic mass is 10.2. The molecular weight excluding hydrogens is 341 g/mol. The van der Waals surface area contributed by atoms with Crippen LogP contribution in [0.3, 0.4) is 0 Å². The van der Waals surface area contributed by atoms with Crippen LogP contribution in [0.15, 0.2) is 54.7 Å². The van der Waals surface area contributed by atoms with Gasteiger partial charge in [0.15, 0.2) is 0 Å². The Kier molecular flexibility index (Phi) is 4.79. The molecular formula is C19H17F3N4. The van der Waals surface area contributed by atoms with E-state index in [1.807, 2.05) is 50.2 Å². The maximum atomic E-state index is 13.3. The molecule has 0 spiro atoms. The minimum absolute atomic E-state index is 0.0801. The molecule has 0 aliphatic rings. The first kappa shape index (κ1) is 17.7. The fourth-order valence-corrected chi connectivity index (χ4v) is 2.28. The second-order valence-corrected chi connectivity index (χ2v) is 5.94. The number of alkyl halides is 3. The lowest BCUT2D eigenvalue weighted by Crippen LogP contribution is -2.12. The molecule has 3 aromatic rings. The molecule has 26 heavy (non-hydrogen) atoms. The van der Waals surface area contributed by atoms with Crippen molar-refractivity contribution < 1.29 is 13.2 Å². The Balaban J connectivity index is 1.93. The molecule has 0 saturated heterocycles. The van der Waals surface area contributed by atoms with Crippen LogP contribution in [0.4, 0.5) is 36.3 Å². The monoisotopic (exact) mass is 358 g/mol. The molecule has 0 fully saturated rings. The van der Waals surface area contributed by atoms with Gasteiger partial charge in [-0.2, -0.15) is 18.2 Å². The first-order chi connectivity index (χ1) is 12.3. The smallest absolute Gasteiger partial charge is 0.340 e. The number of hydrogen-bond acceptors (Lipinski definition) is 4. The number of aryl methyl sites for hydroxylation is 2. The molecule has 0 aliphatic carbocycles. The minimum Gasteiger partial charge on any atom is -0.340 e. The van der Waals surface area contributed by atoms with Gasteiger partial charge in [-0.3, -0.25) is 0 Å². The molecule has 2 aromatic carbocycles. The van der Waals surface area contributed by atoms with E-state index >= 15 is 0 Å². The molecule has 7 heteroatoms. The largest absolute Gasteiger partial charge is 0.421 e. The summed E-state index contributed by atoms with van der Waals surface area (Å²) in [6.07, 6.45) is -3.78. The fraction of sp³-hybridized carbons (Fsp3) is 0.158. The van der Waals surface area contributed by atoms with E-state index in [2.05, 4.69) is 20.6 Å². The summed E-state index contributed by atoms with van der Waals surface area (Å²) < 4.78 is 39.8. The molecule has 0 radical (unpaired) electrons. The van der Waals surface area contributed by atoms with Gasteiger partial charge in [0.2, 0.25) is 5.95 Å². The normalized spacial score (nSPS) is 11.3. The summed E-state index contributed by atoms with van der Waals surface area (Å²) in [5, 5.41) is 5.65. The van der Waals surface area contributed by atoms with Gasteiger partial charge in [-0.05, 0) is 38.1 Å². The van der Waals surface area contributed by atoms with Gasteiger partial charge in [0.1, 0.15) is 11.4 Å². The highest BCUT2D eigenvalue weighted by atomic mass is 19.4. The summed E-state index contributed by atoms with van der Waals surface area (Å²) in [6.45, 7) is 3.85. The molecule has 4 nitrogen and oxygen atoms in total. The van der Waals surface area contributed by atoms with Crippen LogP contribution in [0, 0.1) is 13.8 Å². The molecule has 0 atom stereocenters. The maximum absolute atomic E-state index is 13.3. The van der Waals surface area contributed by atoms with Crippen LogP contribution in [0.2, 0.25) is 0 Å². The first-order valence-corrected chi connectivity index (χ1v) is 7.93. The van der Waals surface area contributed by atoms with Crippen LogP contribution in [0.25, 0.3) is 0 Å². The maximum Gasteiger partial charge on any atom is 0.421 e. The average molecular weight is 358 g/mol. The van der Waals surface area contributed by atoms with Crippen molar-refractivity contribution in [1.29, 1.82) is 0 Å². The van der Waals surface area contributed by atoms with Crippen molar-refractivity contribution in [1.82, 2.24) is 9.97 Å². The molecule has 2 N–H and O–H groups in total. The summed E-state index contributed by atoms with van der Waals surface area (Å²) in [7, 11) is 0. The Morgan fingerprint density at radius 1 is 0.769 bits per heavy atom. The van der Waals surface area contributed by atoms with Gasteiger partial charge < -0.3 is 10.6 Å². The van der Waals surface area contributed by atoms with Crippen molar-refractivity contribution in [3.63, 3.8) is 0 Å². The standard InChI is InChI=1S/C19H17F3N4/c1-12-3-7-14(8-4-12)24-17-16(19(20,21)22)11-23-18(26-17)25-15-9-5-13(2)6-10-15/h3-11H,1-2H3,(H2,23,24,25,26). The molecule has 0 bridgehead atoms. The van der Waals surface area contributed by atoms with Crippen LogP contribution in [-0.2, 0) is 6.18 Å². The lowest BCUT2D eigenvalue weighted by Gasteiger charge is -2.15. The van der Waals surface area contributed by atoms with Crippen molar-refractivity contribution >= 4 is 23.1 Å². The zero-order valence-electron chi connectivity index (χ0n) is 14.2. The van der Waals surface area contributed by atoms with E-state index in [4.69, 9.17) is 0 Å². The first-order valence-electron chi connectivity index (χ1n) is 7.93. The van der Waals surface area contributed by atoms with E-state index in [0.29, 0.717) is 11.4 Å². The van der Waals surface area contributed by atoms with Crippen molar-refractivity contribution in [3.05, 3.63) is 71.4 Å². The number of hydrogen-bond donors (Lipinski definition) is 2. The van der Waals surface area contributed by atoms with Crippen LogP contribution in [0.5, 0.6) is 0 Å². The Hall–Kier alpha value is -3.09. The van der Waals surface area contributed by atoms with Gasteiger partial charge in [0, 0.05) is 17.6 Å². The molecule has 0 unspecified atom stereocenters. The third kappa shape index (κ3) is 4.30. The van der Waals surface area contributed by atoms with Gasteiger partial charge in [-0.1, -0.05) is 35.4 Å². The van der Waals surface area contributed by atoms with E-state index in [-0.39, 0.29) is 11.8 Å². The van der Waals surface area contributed by atoms with Crippen LogP contribution in [0.1, 0.15) is 16.7 Å². The quantitative estimate of drug-likeness (QED) is 0.637. The number of halogens is 3. The summed E-state index contributed by atoms with van der Waals surface area (Å²) in [5.74, 6) is -0.220. The van der Waals surface area contributed by atoms with E-state index in [1.165, 1.54) is 0 Å².